The molecule has 1 fully saturated rings. The lowest BCUT2D eigenvalue weighted by Crippen LogP contribution is -2.59. The normalized spacial score (nSPS) is 19.6. The van der Waals surface area contributed by atoms with Gasteiger partial charge in [-0.15, -0.1) is 0 Å². The number of para-hydroxylation sites is 1. The summed E-state index contributed by atoms with van der Waals surface area (Å²) in [7, 11) is 0. The summed E-state index contributed by atoms with van der Waals surface area (Å²) in [5, 5.41) is 25.6. The summed E-state index contributed by atoms with van der Waals surface area (Å²) in [5.41, 5.74) is 7.37. The largest absolute Gasteiger partial charge is 0.480 e. The molecule has 7 N–H and O–H groups in total. The second kappa shape index (κ2) is 12.2. The van der Waals surface area contributed by atoms with Crippen LogP contribution in [0.5, 0.6) is 0 Å². The van der Waals surface area contributed by atoms with Crippen LogP contribution in [-0.2, 0) is 25.6 Å². The smallest absolute Gasteiger partial charge is 0.326 e. The van der Waals surface area contributed by atoms with E-state index in [1.807, 2.05) is 38.1 Å². The molecule has 202 valence electrons. The first kappa shape index (κ1) is 28.1. The molecule has 3 rings (SSSR count). The molecule has 1 aliphatic rings. The zero-order chi connectivity index (χ0) is 27.3. The number of hydrogen-bond donors (Lipinski definition) is 6. The Morgan fingerprint density at radius 2 is 1.89 bits per heavy atom. The lowest BCUT2D eigenvalue weighted by Gasteiger charge is -2.32. The first-order valence-electron chi connectivity index (χ1n) is 12.7. The quantitative estimate of drug-likeness (QED) is 0.252. The fraction of sp³-hybridized carbons (Fsp3) is 0.538. The molecule has 2 aromatic rings. The van der Waals surface area contributed by atoms with Gasteiger partial charge in [0.2, 0.25) is 17.7 Å². The first-order valence-corrected chi connectivity index (χ1v) is 12.7. The number of aromatic nitrogens is 1. The van der Waals surface area contributed by atoms with Gasteiger partial charge in [-0.1, -0.05) is 38.5 Å². The van der Waals surface area contributed by atoms with Crippen LogP contribution in [0.2, 0.25) is 0 Å². The Balaban J connectivity index is 1.74. The lowest BCUT2D eigenvalue weighted by molar-refractivity contribution is -0.145. The molecule has 1 saturated heterocycles. The summed E-state index contributed by atoms with van der Waals surface area (Å²) >= 11 is 0. The van der Waals surface area contributed by atoms with Gasteiger partial charge in [0.15, 0.2) is 0 Å². The highest BCUT2D eigenvalue weighted by Gasteiger charge is 2.40. The van der Waals surface area contributed by atoms with Gasteiger partial charge in [-0.25, -0.2) is 4.79 Å². The molecule has 0 aliphatic carbocycles. The summed E-state index contributed by atoms with van der Waals surface area (Å²) < 4.78 is 0. The van der Waals surface area contributed by atoms with Crippen LogP contribution in [0.1, 0.15) is 45.6 Å². The van der Waals surface area contributed by atoms with E-state index >= 15 is 0 Å². The number of nitrogens with two attached hydrogens (primary N) is 1. The van der Waals surface area contributed by atoms with Gasteiger partial charge in [0, 0.05) is 30.1 Å². The molecular formula is C26H37N5O6. The third-order valence-corrected chi connectivity index (χ3v) is 7.15. The highest BCUT2D eigenvalue weighted by molar-refractivity contribution is 5.95. The average Bonchev–Trinajstić information content (AvgIpc) is 3.53. The minimum Gasteiger partial charge on any atom is -0.480 e. The number of likely N-dealkylation sites (tertiary alicyclic amines) is 1. The predicted molar refractivity (Wildman–Crippen MR) is 137 cm³/mol. The molecule has 3 amide bonds. The molecule has 11 nitrogen and oxygen atoms in total. The molecule has 6 unspecified atom stereocenters. The molecular weight excluding hydrogens is 478 g/mol. The number of rotatable bonds is 11. The molecule has 0 saturated carbocycles. The van der Waals surface area contributed by atoms with Crippen LogP contribution < -0.4 is 16.4 Å². The number of carbonyl (C=O) groups is 4. The number of amides is 3. The van der Waals surface area contributed by atoms with Crippen LogP contribution in [-0.4, -0.2) is 80.6 Å². The molecule has 6 atom stereocenters. The van der Waals surface area contributed by atoms with Crippen molar-refractivity contribution in [2.45, 2.75) is 76.7 Å². The highest BCUT2D eigenvalue weighted by atomic mass is 16.4. The standard InChI is InChI=1S/C26H37N5O6/c1-4-14(2)22(30-24(34)21(27)15(3)32)25(35)31-11-7-10-20(31)23(33)29-19(26(36)37)12-16-13-28-18-9-6-5-8-17(16)18/h5-6,8-9,13-15,19-22,28,32H,4,7,10-12,27H2,1-3H3,(H,29,33)(H,30,34)(H,36,37). The fourth-order valence-corrected chi connectivity index (χ4v) is 4.62. The van der Waals surface area contributed by atoms with Crippen LogP contribution in [0, 0.1) is 5.92 Å². The van der Waals surface area contributed by atoms with Gasteiger partial charge < -0.3 is 36.5 Å². The Kier molecular flexibility index (Phi) is 9.28. The molecule has 11 heteroatoms. The minimum atomic E-state index is -1.20. The van der Waals surface area contributed by atoms with Gasteiger partial charge in [0.25, 0.3) is 0 Å². The van der Waals surface area contributed by atoms with Crippen LogP contribution in [0.15, 0.2) is 30.5 Å². The van der Waals surface area contributed by atoms with Crippen molar-refractivity contribution >= 4 is 34.6 Å². The zero-order valence-electron chi connectivity index (χ0n) is 21.4. The first-order chi connectivity index (χ1) is 17.5. The third kappa shape index (κ3) is 6.47. The number of aliphatic carboxylic acids is 1. The van der Waals surface area contributed by atoms with Crippen molar-refractivity contribution in [2.24, 2.45) is 11.7 Å². The second-order valence-corrected chi connectivity index (χ2v) is 9.79. The number of carbonyl (C=O) groups excluding carboxylic acids is 3. The van der Waals surface area contributed by atoms with Crippen molar-refractivity contribution in [3.8, 4) is 0 Å². The Labute approximate surface area is 215 Å². The maximum absolute atomic E-state index is 13.5. The molecule has 37 heavy (non-hydrogen) atoms. The third-order valence-electron chi connectivity index (χ3n) is 7.15. The summed E-state index contributed by atoms with van der Waals surface area (Å²) in [6, 6.07) is 3.33. The number of H-pyrrole nitrogens is 1. The number of aliphatic hydroxyl groups is 1. The summed E-state index contributed by atoms with van der Waals surface area (Å²) in [6.07, 6.45) is 2.24. The summed E-state index contributed by atoms with van der Waals surface area (Å²) in [5.74, 6) is -3.06. The van der Waals surface area contributed by atoms with Gasteiger partial charge in [0.05, 0.1) is 6.10 Å². The number of aliphatic hydroxyl groups excluding tert-OH is 1. The van der Waals surface area contributed by atoms with E-state index in [1.165, 1.54) is 11.8 Å². The van der Waals surface area contributed by atoms with Crippen molar-refractivity contribution in [1.29, 1.82) is 0 Å². The SMILES string of the molecule is CCC(C)C(NC(=O)C(N)C(C)O)C(=O)N1CCCC1C(=O)NC(Cc1c[nH]c2ccccc12)C(=O)O. The number of carboxylic acid groups (broad SMARTS) is 1. The molecule has 1 aromatic carbocycles. The van der Waals surface area contributed by atoms with E-state index in [0.29, 0.717) is 25.8 Å². The molecule has 2 heterocycles. The topological polar surface area (TPSA) is 178 Å². The van der Waals surface area contributed by atoms with Crippen molar-refractivity contribution < 1.29 is 29.4 Å². The number of hydrogen-bond acceptors (Lipinski definition) is 6. The number of aromatic amines is 1. The van der Waals surface area contributed by atoms with E-state index in [2.05, 4.69) is 15.6 Å². The van der Waals surface area contributed by atoms with Gasteiger partial charge in [-0.2, -0.15) is 0 Å². The van der Waals surface area contributed by atoms with Crippen LogP contribution >= 0.6 is 0 Å². The minimum absolute atomic E-state index is 0.0779. The summed E-state index contributed by atoms with van der Waals surface area (Å²) in [6.45, 7) is 5.38. The van der Waals surface area contributed by atoms with E-state index in [0.717, 1.165) is 16.5 Å². The van der Waals surface area contributed by atoms with Gasteiger partial charge in [0.1, 0.15) is 24.2 Å². The predicted octanol–water partition coefficient (Wildman–Crippen LogP) is 0.510. The monoisotopic (exact) mass is 515 g/mol. The molecule has 1 aromatic heterocycles. The van der Waals surface area contributed by atoms with Crippen LogP contribution in [0.25, 0.3) is 10.9 Å². The van der Waals surface area contributed by atoms with Crippen molar-refractivity contribution in [1.82, 2.24) is 20.5 Å². The van der Waals surface area contributed by atoms with Gasteiger partial charge in [-0.05, 0) is 37.3 Å². The number of fused-ring (bicyclic) bond motifs is 1. The van der Waals surface area contributed by atoms with Crippen molar-refractivity contribution in [3.63, 3.8) is 0 Å². The maximum Gasteiger partial charge on any atom is 0.326 e. The number of nitrogens with zero attached hydrogens (tertiary/aromatic N) is 1. The molecule has 0 spiro atoms. The molecule has 0 bridgehead atoms. The van der Waals surface area contributed by atoms with E-state index in [4.69, 9.17) is 5.73 Å². The Hall–Kier alpha value is -3.44. The van der Waals surface area contributed by atoms with Crippen LogP contribution in [0.3, 0.4) is 0 Å². The van der Waals surface area contributed by atoms with E-state index < -0.39 is 54.0 Å². The lowest BCUT2D eigenvalue weighted by atomic mass is 9.96. The van der Waals surface area contributed by atoms with E-state index in [1.54, 1.807) is 6.20 Å². The Bertz CT molecular complexity index is 1130. The second-order valence-electron chi connectivity index (χ2n) is 9.79. The van der Waals surface area contributed by atoms with Gasteiger partial charge >= 0.3 is 5.97 Å². The zero-order valence-corrected chi connectivity index (χ0v) is 21.4. The van der Waals surface area contributed by atoms with Crippen LogP contribution in [0.4, 0.5) is 0 Å². The molecule has 1 aliphatic heterocycles. The number of carboxylic acids is 1. The van der Waals surface area contributed by atoms with Crippen molar-refractivity contribution in [2.75, 3.05) is 6.54 Å². The van der Waals surface area contributed by atoms with Crippen molar-refractivity contribution in [3.05, 3.63) is 36.0 Å². The van der Waals surface area contributed by atoms with Gasteiger partial charge in [-0.3, -0.25) is 14.4 Å². The van der Waals surface area contributed by atoms with E-state index in [9.17, 15) is 29.4 Å². The number of benzene rings is 1. The molecule has 0 radical (unpaired) electrons. The highest BCUT2D eigenvalue weighted by Crippen LogP contribution is 2.23. The fourth-order valence-electron chi connectivity index (χ4n) is 4.62. The van der Waals surface area contributed by atoms with E-state index in [-0.39, 0.29) is 12.3 Å². The Morgan fingerprint density at radius 1 is 1.19 bits per heavy atom. The Morgan fingerprint density at radius 3 is 2.54 bits per heavy atom. The maximum atomic E-state index is 13.5. The summed E-state index contributed by atoms with van der Waals surface area (Å²) in [4.78, 5) is 55.8. The number of nitrogens with one attached hydrogen (secondary N) is 3. The average molecular weight is 516 g/mol.